The van der Waals surface area contributed by atoms with Gasteiger partial charge in [0, 0.05) is 23.9 Å². The summed E-state index contributed by atoms with van der Waals surface area (Å²) in [4.78, 5) is 22.5. The van der Waals surface area contributed by atoms with E-state index in [0.29, 0.717) is 19.3 Å². The summed E-state index contributed by atoms with van der Waals surface area (Å²) in [6.45, 7) is 0. The van der Waals surface area contributed by atoms with E-state index in [9.17, 15) is 9.59 Å². The number of aliphatic carboxylic acids is 1. The van der Waals surface area contributed by atoms with Crippen LogP contribution in [0.15, 0.2) is 30.3 Å². The van der Waals surface area contributed by atoms with Crippen molar-refractivity contribution in [1.82, 2.24) is 0 Å². The second kappa shape index (κ2) is 6.18. The van der Waals surface area contributed by atoms with Gasteiger partial charge in [-0.25, -0.2) is 0 Å². The highest BCUT2D eigenvalue weighted by Crippen LogP contribution is 2.35. The number of anilines is 1. The van der Waals surface area contributed by atoms with Crippen LogP contribution >= 0.6 is 0 Å². The van der Waals surface area contributed by atoms with Crippen molar-refractivity contribution >= 4 is 28.3 Å². The maximum atomic E-state index is 12.0. The van der Waals surface area contributed by atoms with E-state index in [4.69, 9.17) is 5.11 Å². The number of rotatable bonds is 6. The fourth-order valence-electron chi connectivity index (χ4n) is 3.13. The number of carbonyl (C=O) groups excluding carboxylic acids is 1. The Labute approximate surface area is 129 Å². The molecule has 0 spiro atoms. The molecule has 2 aromatic rings. The van der Waals surface area contributed by atoms with Crippen LogP contribution in [0.2, 0.25) is 0 Å². The van der Waals surface area contributed by atoms with Crippen LogP contribution in [0.5, 0.6) is 0 Å². The highest BCUT2D eigenvalue weighted by Gasteiger charge is 2.16. The lowest BCUT2D eigenvalue weighted by atomic mass is 10.0. The first-order valence-electron chi connectivity index (χ1n) is 7.70. The molecule has 0 radical (unpaired) electrons. The van der Waals surface area contributed by atoms with Gasteiger partial charge in [0.05, 0.1) is 0 Å². The zero-order valence-corrected chi connectivity index (χ0v) is 12.4. The SMILES string of the molecule is O=C(O)CCCCC(=O)Nc1ccc2c3c(cccc13)CC2. The van der Waals surface area contributed by atoms with Crippen molar-refractivity contribution in [2.24, 2.45) is 0 Å². The zero-order chi connectivity index (χ0) is 15.5. The first-order valence-corrected chi connectivity index (χ1v) is 7.70. The Morgan fingerprint density at radius 3 is 2.50 bits per heavy atom. The quantitative estimate of drug-likeness (QED) is 0.802. The van der Waals surface area contributed by atoms with E-state index in [2.05, 4.69) is 17.4 Å². The van der Waals surface area contributed by atoms with Gasteiger partial charge in [-0.1, -0.05) is 24.3 Å². The molecule has 2 aromatic carbocycles. The summed E-state index contributed by atoms with van der Waals surface area (Å²) >= 11 is 0. The van der Waals surface area contributed by atoms with Gasteiger partial charge in [0.2, 0.25) is 5.91 Å². The molecule has 0 fully saturated rings. The number of amides is 1. The second-order valence-electron chi connectivity index (χ2n) is 5.76. The van der Waals surface area contributed by atoms with Crippen molar-refractivity contribution in [3.8, 4) is 0 Å². The second-order valence-corrected chi connectivity index (χ2v) is 5.76. The number of aryl methyl sites for hydroxylation is 2. The smallest absolute Gasteiger partial charge is 0.303 e. The molecule has 1 aliphatic rings. The van der Waals surface area contributed by atoms with Crippen molar-refractivity contribution in [1.29, 1.82) is 0 Å². The molecule has 4 heteroatoms. The lowest BCUT2D eigenvalue weighted by molar-refractivity contribution is -0.137. The molecule has 0 unspecified atom stereocenters. The van der Waals surface area contributed by atoms with Gasteiger partial charge in [0.1, 0.15) is 0 Å². The zero-order valence-electron chi connectivity index (χ0n) is 12.4. The molecule has 4 nitrogen and oxygen atoms in total. The van der Waals surface area contributed by atoms with Crippen LogP contribution in [0.1, 0.15) is 36.8 Å². The fraction of sp³-hybridized carbons (Fsp3) is 0.333. The van der Waals surface area contributed by atoms with E-state index in [1.807, 2.05) is 18.2 Å². The monoisotopic (exact) mass is 297 g/mol. The lowest BCUT2D eigenvalue weighted by Crippen LogP contribution is -2.11. The van der Waals surface area contributed by atoms with E-state index in [0.717, 1.165) is 23.9 Å². The Morgan fingerprint density at radius 2 is 1.73 bits per heavy atom. The van der Waals surface area contributed by atoms with Crippen molar-refractivity contribution in [2.75, 3.05) is 5.32 Å². The molecule has 0 saturated carbocycles. The predicted molar refractivity (Wildman–Crippen MR) is 86.1 cm³/mol. The van der Waals surface area contributed by atoms with Gasteiger partial charge in [-0.05, 0) is 48.3 Å². The van der Waals surface area contributed by atoms with E-state index in [-0.39, 0.29) is 12.3 Å². The molecule has 0 heterocycles. The van der Waals surface area contributed by atoms with Gasteiger partial charge < -0.3 is 10.4 Å². The van der Waals surface area contributed by atoms with Crippen LogP contribution in [0, 0.1) is 0 Å². The maximum Gasteiger partial charge on any atom is 0.303 e. The molecule has 0 bridgehead atoms. The van der Waals surface area contributed by atoms with Crippen molar-refractivity contribution in [2.45, 2.75) is 38.5 Å². The summed E-state index contributed by atoms with van der Waals surface area (Å²) in [5.41, 5.74) is 3.56. The first-order chi connectivity index (χ1) is 10.6. The third kappa shape index (κ3) is 2.96. The Kier molecular flexibility index (Phi) is 4.09. The number of carboxylic acids is 1. The molecule has 3 rings (SSSR count). The number of hydrogen-bond donors (Lipinski definition) is 2. The summed E-state index contributed by atoms with van der Waals surface area (Å²) in [6.07, 6.45) is 3.75. The van der Waals surface area contributed by atoms with Gasteiger partial charge in [-0.3, -0.25) is 9.59 Å². The summed E-state index contributed by atoms with van der Waals surface area (Å²) in [6, 6.07) is 10.3. The average molecular weight is 297 g/mol. The van der Waals surface area contributed by atoms with Gasteiger partial charge in [-0.15, -0.1) is 0 Å². The van der Waals surface area contributed by atoms with Gasteiger partial charge in [-0.2, -0.15) is 0 Å². The molecule has 1 amide bonds. The topological polar surface area (TPSA) is 66.4 Å². The molecule has 0 aliphatic heterocycles. The minimum atomic E-state index is -0.812. The van der Waals surface area contributed by atoms with Gasteiger partial charge >= 0.3 is 5.97 Å². The molecule has 2 N–H and O–H groups in total. The number of carbonyl (C=O) groups is 2. The number of benzene rings is 2. The standard InChI is InChI=1S/C18H19NO3/c20-16(6-1-2-7-17(21)22)19-15-11-10-13-9-8-12-4-3-5-14(15)18(12)13/h3-5,10-11H,1-2,6-9H2,(H,19,20)(H,21,22). The van der Waals surface area contributed by atoms with Crippen LogP contribution in [0.4, 0.5) is 5.69 Å². The molecule has 1 aliphatic carbocycles. The predicted octanol–water partition coefficient (Wildman–Crippen LogP) is 3.52. The van der Waals surface area contributed by atoms with Crippen molar-refractivity contribution in [3.05, 3.63) is 41.5 Å². The van der Waals surface area contributed by atoms with Crippen molar-refractivity contribution < 1.29 is 14.7 Å². The Bertz CT molecular complexity index is 726. The third-order valence-electron chi connectivity index (χ3n) is 4.20. The van der Waals surface area contributed by atoms with Crippen molar-refractivity contribution in [3.63, 3.8) is 0 Å². The Balaban J connectivity index is 1.70. The van der Waals surface area contributed by atoms with Crippen LogP contribution in [-0.2, 0) is 22.4 Å². The Morgan fingerprint density at radius 1 is 1.00 bits per heavy atom. The Hall–Kier alpha value is -2.36. The van der Waals surface area contributed by atoms with E-state index < -0.39 is 5.97 Å². The lowest BCUT2D eigenvalue weighted by Gasteiger charge is -2.10. The number of unbranched alkanes of at least 4 members (excludes halogenated alkanes) is 1. The van der Waals surface area contributed by atoms with E-state index >= 15 is 0 Å². The first kappa shape index (κ1) is 14.6. The van der Waals surface area contributed by atoms with Gasteiger partial charge in [0.15, 0.2) is 0 Å². The maximum absolute atomic E-state index is 12.0. The highest BCUT2D eigenvalue weighted by atomic mass is 16.4. The van der Waals surface area contributed by atoms with E-state index in [1.54, 1.807) is 0 Å². The molecule has 0 aromatic heterocycles. The number of carboxylic acid groups (broad SMARTS) is 1. The average Bonchev–Trinajstić information content (AvgIpc) is 2.91. The summed E-state index contributed by atoms with van der Waals surface area (Å²) in [5, 5.41) is 13.9. The molecular weight excluding hydrogens is 278 g/mol. The summed E-state index contributed by atoms with van der Waals surface area (Å²) in [7, 11) is 0. The minimum absolute atomic E-state index is 0.0518. The minimum Gasteiger partial charge on any atom is -0.481 e. The van der Waals surface area contributed by atoms with Crippen LogP contribution in [0.3, 0.4) is 0 Å². The van der Waals surface area contributed by atoms with Crippen LogP contribution in [0.25, 0.3) is 10.8 Å². The van der Waals surface area contributed by atoms with Gasteiger partial charge in [0.25, 0.3) is 0 Å². The number of nitrogens with one attached hydrogen (secondary N) is 1. The fourth-order valence-corrected chi connectivity index (χ4v) is 3.13. The molecule has 114 valence electrons. The largest absolute Gasteiger partial charge is 0.481 e. The summed E-state index contributed by atoms with van der Waals surface area (Å²) in [5.74, 6) is -0.864. The molecule has 0 atom stereocenters. The van der Waals surface area contributed by atoms with E-state index in [1.165, 1.54) is 16.5 Å². The normalized spacial score (nSPS) is 12.5. The third-order valence-corrected chi connectivity index (χ3v) is 4.20. The number of hydrogen-bond acceptors (Lipinski definition) is 2. The van der Waals surface area contributed by atoms with Crippen LogP contribution < -0.4 is 5.32 Å². The summed E-state index contributed by atoms with van der Waals surface area (Å²) < 4.78 is 0. The molecule has 0 saturated heterocycles. The highest BCUT2D eigenvalue weighted by molar-refractivity contribution is 6.05. The molecule has 22 heavy (non-hydrogen) atoms. The molecular formula is C18H19NO3. The van der Waals surface area contributed by atoms with Crippen LogP contribution in [-0.4, -0.2) is 17.0 Å².